The zero-order valence-electron chi connectivity index (χ0n) is 10.6. The van der Waals surface area contributed by atoms with Gasteiger partial charge in [-0.1, -0.05) is 68.8 Å². The number of rotatable bonds is 7. The minimum atomic E-state index is -0.546. The minimum Gasteiger partial charge on any atom is -0.384 e. The molecule has 0 saturated carbocycles. The lowest BCUT2D eigenvalue weighted by molar-refractivity contribution is 0.219. The standard InChI is InChI=1S/C16H22O/c1-3-5-6-8-11-14(4-2)16(17)15-12-9-7-10-13-15/h4,7,9-13,16-17H,2-3,5-6,8H2,1H3/b14-11+. The van der Waals surface area contributed by atoms with Crippen molar-refractivity contribution >= 4 is 0 Å². The monoisotopic (exact) mass is 230 g/mol. The molecule has 0 aromatic heterocycles. The van der Waals surface area contributed by atoms with E-state index in [1.54, 1.807) is 6.08 Å². The van der Waals surface area contributed by atoms with Gasteiger partial charge >= 0.3 is 0 Å². The van der Waals surface area contributed by atoms with Gasteiger partial charge in [-0.25, -0.2) is 0 Å². The summed E-state index contributed by atoms with van der Waals surface area (Å²) in [6.07, 6.45) is 7.95. The third-order valence-electron chi connectivity index (χ3n) is 2.85. The van der Waals surface area contributed by atoms with Gasteiger partial charge < -0.3 is 5.11 Å². The zero-order valence-corrected chi connectivity index (χ0v) is 10.6. The van der Waals surface area contributed by atoms with E-state index in [9.17, 15) is 5.11 Å². The SMILES string of the molecule is C=C/C(=C\CCCCC)C(O)c1ccccc1. The molecule has 1 aromatic rings. The average Bonchev–Trinajstić information content (AvgIpc) is 2.39. The molecule has 1 rings (SSSR count). The van der Waals surface area contributed by atoms with E-state index in [0.29, 0.717) is 0 Å². The summed E-state index contributed by atoms with van der Waals surface area (Å²) in [6, 6.07) is 9.71. The number of hydrogen-bond acceptors (Lipinski definition) is 1. The Bertz CT molecular complexity index is 351. The summed E-state index contributed by atoms with van der Waals surface area (Å²) >= 11 is 0. The van der Waals surface area contributed by atoms with Crippen molar-refractivity contribution in [3.63, 3.8) is 0 Å². The largest absolute Gasteiger partial charge is 0.384 e. The van der Waals surface area contributed by atoms with Crippen LogP contribution >= 0.6 is 0 Å². The fourth-order valence-corrected chi connectivity index (χ4v) is 1.80. The van der Waals surface area contributed by atoms with Gasteiger partial charge in [-0.2, -0.15) is 0 Å². The van der Waals surface area contributed by atoms with Gasteiger partial charge in [-0.05, 0) is 24.0 Å². The van der Waals surface area contributed by atoms with Crippen molar-refractivity contribution in [3.8, 4) is 0 Å². The number of aliphatic hydroxyl groups is 1. The van der Waals surface area contributed by atoms with Gasteiger partial charge in [0.25, 0.3) is 0 Å². The second-order valence-corrected chi connectivity index (χ2v) is 4.22. The molecule has 1 nitrogen and oxygen atoms in total. The van der Waals surface area contributed by atoms with Crippen LogP contribution in [0.5, 0.6) is 0 Å². The molecule has 0 aliphatic heterocycles. The predicted molar refractivity (Wildman–Crippen MR) is 73.8 cm³/mol. The molecular formula is C16H22O. The summed E-state index contributed by atoms with van der Waals surface area (Å²) < 4.78 is 0. The molecule has 17 heavy (non-hydrogen) atoms. The molecule has 0 spiro atoms. The van der Waals surface area contributed by atoms with E-state index in [2.05, 4.69) is 19.6 Å². The van der Waals surface area contributed by atoms with Crippen LogP contribution in [0.4, 0.5) is 0 Å². The van der Waals surface area contributed by atoms with Crippen molar-refractivity contribution < 1.29 is 5.11 Å². The maximum Gasteiger partial charge on any atom is 0.104 e. The zero-order chi connectivity index (χ0) is 12.5. The highest BCUT2D eigenvalue weighted by Crippen LogP contribution is 2.22. The van der Waals surface area contributed by atoms with E-state index in [-0.39, 0.29) is 0 Å². The van der Waals surface area contributed by atoms with Crippen molar-refractivity contribution in [2.24, 2.45) is 0 Å². The molecular weight excluding hydrogens is 208 g/mol. The van der Waals surface area contributed by atoms with Crippen molar-refractivity contribution in [1.29, 1.82) is 0 Å². The van der Waals surface area contributed by atoms with Crippen LogP contribution in [0.3, 0.4) is 0 Å². The third-order valence-corrected chi connectivity index (χ3v) is 2.85. The van der Waals surface area contributed by atoms with Gasteiger partial charge in [-0.3, -0.25) is 0 Å². The maximum atomic E-state index is 10.2. The molecule has 0 saturated heterocycles. The molecule has 1 N–H and O–H groups in total. The number of aliphatic hydroxyl groups excluding tert-OH is 1. The van der Waals surface area contributed by atoms with E-state index in [0.717, 1.165) is 17.6 Å². The number of allylic oxidation sites excluding steroid dienone is 1. The van der Waals surface area contributed by atoms with Crippen LogP contribution in [0.2, 0.25) is 0 Å². The van der Waals surface area contributed by atoms with Gasteiger partial charge in [0, 0.05) is 0 Å². The molecule has 0 amide bonds. The summed E-state index contributed by atoms with van der Waals surface area (Å²) in [5.41, 5.74) is 1.83. The number of benzene rings is 1. The molecule has 0 aliphatic carbocycles. The second-order valence-electron chi connectivity index (χ2n) is 4.22. The van der Waals surface area contributed by atoms with E-state index >= 15 is 0 Å². The highest BCUT2D eigenvalue weighted by Gasteiger charge is 2.09. The van der Waals surface area contributed by atoms with Gasteiger partial charge in [-0.15, -0.1) is 0 Å². The van der Waals surface area contributed by atoms with Crippen LogP contribution in [-0.4, -0.2) is 5.11 Å². The fourth-order valence-electron chi connectivity index (χ4n) is 1.80. The summed E-state index contributed by atoms with van der Waals surface area (Å²) in [7, 11) is 0. The number of unbranched alkanes of at least 4 members (excludes halogenated alkanes) is 3. The normalized spacial score (nSPS) is 13.4. The Morgan fingerprint density at radius 1 is 1.29 bits per heavy atom. The van der Waals surface area contributed by atoms with Crippen molar-refractivity contribution in [2.75, 3.05) is 0 Å². The Morgan fingerprint density at radius 3 is 2.59 bits per heavy atom. The lowest BCUT2D eigenvalue weighted by Crippen LogP contribution is -1.99. The predicted octanol–water partition coefficient (Wildman–Crippen LogP) is 4.41. The van der Waals surface area contributed by atoms with Crippen molar-refractivity contribution in [1.82, 2.24) is 0 Å². The van der Waals surface area contributed by atoms with E-state index in [1.165, 1.54) is 19.3 Å². The van der Waals surface area contributed by atoms with Crippen LogP contribution < -0.4 is 0 Å². The Morgan fingerprint density at radius 2 is 2.00 bits per heavy atom. The maximum absolute atomic E-state index is 10.2. The van der Waals surface area contributed by atoms with Gasteiger partial charge in [0.05, 0.1) is 0 Å². The Labute approximate surface area is 104 Å². The number of hydrogen-bond donors (Lipinski definition) is 1. The van der Waals surface area contributed by atoms with Crippen LogP contribution in [0.15, 0.2) is 54.6 Å². The van der Waals surface area contributed by atoms with Crippen LogP contribution in [0, 0.1) is 0 Å². The smallest absolute Gasteiger partial charge is 0.104 e. The van der Waals surface area contributed by atoms with Gasteiger partial charge in [0.1, 0.15) is 6.10 Å². The Hall–Kier alpha value is -1.34. The quantitative estimate of drug-likeness (QED) is 0.543. The topological polar surface area (TPSA) is 20.2 Å². The van der Waals surface area contributed by atoms with Gasteiger partial charge in [0.2, 0.25) is 0 Å². The van der Waals surface area contributed by atoms with E-state index in [1.807, 2.05) is 30.3 Å². The van der Waals surface area contributed by atoms with Crippen molar-refractivity contribution in [2.45, 2.75) is 38.7 Å². The lowest BCUT2D eigenvalue weighted by Gasteiger charge is -2.12. The highest BCUT2D eigenvalue weighted by molar-refractivity contribution is 5.31. The van der Waals surface area contributed by atoms with Gasteiger partial charge in [0.15, 0.2) is 0 Å². The summed E-state index contributed by atoms with van der Waals surface area (Å²) in [5, 5.41) is 10.2. The average molecular weight is 230 g/mol. The van der Waals surface area contributed by atoms with Crippen LogP contribution in [-0.2, 0) is 0 Å². The molecule has 0 aliphatic rings. The molecule has 0 heterocycles. The molecule has 0 fully saturated rings. The molecule has 1 unspecified atom stereocenters. The summed E-state index contributed by atoms with van der Waals surface area (Å²) in [6.45, 7) is 5.97. The van der Waals surface area contributed by atoms with Crippen LogP contribution in [0.25, 0.3) is 0 Å². The first-order chi connectivity index (χ1) is 8.29. The molecule has 1 aromatic carbocycles. The van der Waals surface area contributed by atoms with E-state index < -0.39 is 6.10 Å². The minimum absolute atomic E-state index is 0.546. The highest BCUT2D eigenvalue weighted by atomic mass is 16.3. The van der Waals surface area contributed by atoms with Crippen LogP contribution in [0.1, 0.15) is 44.3 Å². The van der Waals surface area contributed by atoms with E-state index in [4.69, 9.17) is 0 Å². The molecule has 1 heteroatoms. The third kappa shape index (κ3) is 4.58. The lowest BCUT2D eigenvalue weighted by atomic mass is 10.00. The molecule has 92 valence electrons. The molecule has 0 radical (unpaired) electrons. The first-order valence-corrected chi connectivity index (χ1v) is 6.35. The first kappa shape index (κ1) is 13.7. The fraction of sp³-hybridized carbons (Fsp3) is 0.375. The molecule has 1 atom stereocenters. The second kappa shape index (κ2) is 7.86. The summed E-state index contributed by atoms with van der Waals surface area (Å²) in [4.78, 5) is 0. The Kier molecular flexibility index (Phi) is 6.34. The Balaban J connectivity index is 2.64. The summed E-state index contributed by atoms with van der Waals surface area (Å²) in [5.74, 6) is 0. The molecule has 0 bridgehead atoms. The first-order valence-electron chi connectivity index (χ1n) is 6.35. The van der Waals surface area contributed by atoms with Crippen molar-refractivity contribution in [3.05, 3.63) is 60.2 Å².